The minimum Gasteiger partial charge on any atom is -0.0847 e. The highest BCUT2D eigenvalue weighted by molar-refractivity contribution is 5.28. The van der Waals surface area contributed by atoms with Crippen LogP contribution in [0, 0.1) is 39.9 Å². The van der Waals surface area contributed by atoms with Gasteiger partial charge in [-0.2, -0.15) is 0 Å². The standard InChI is InChI=1S/C25H40/c1-17-7-10-21-20-9-8-19-15-18(16-23(2,3)4)11-13-25(19,6)22(20)12-14-24(17,21)5/h7,15,18,20-22H,8-14,16H2,1-6H3/t18-,20?,21?,22?,24?,25?/m1/s1. The van der Waals surface area contributed by atoms with Crippen molar-refractivity contribution in [3.05, 3.63) is 23.3 Å². The van der Waals surface area contributed by atoms with E-state index in [4.69, 9.17) is 0 Å². The summed E-state index contributed by atoms with van der Waals surface area (Å²) >= 11 is 0. The largest absolute Gasteiger partial charge is 0.0847 e. The maximum atomic E-state index is 2.76. The van der Waals surface area contributed by atoms with E-state index in [9.17, 15) is 0 Å². The molecule has 140 valence electrons. The van der Waals surface area contributed by atoms with Crippen LogP contribution in [0.15, 0.2) is 23.3 Å². The van der Waals surface area contributed by atoms with Crippen LogP contribution in [-0.2, 0) is 0 Å². The first-order valence-corrected chi connectivity index (χ1v) is 11.0. The number of rotatable bonds is 1. The van der Waals surface area contributed by atoms with E-state index in [0.29, 0.717) is 16.2 Å². The van der Waals surface area contributed by atoms with Crippen LogP contribution >= 0.6 is 0 Å². The van der Waals surface area contributed by atoms with Crippen LogP contribution in [0.3, 0.4) is 0 Å². The summed E-state index contributed by atoms with van der Waals surface area (Å²) in [7, 11) is 0. The number of allylic oxidation sites excluding steroid dienone is 4. The number of hydrogen-bond donors (Lipinski definition) is 0. The Labute approximate surface area is 156 Å². The first-order chi connectivity index (χ1) is 11.6. The zero-order valence-electron chi connectivity index (χ0n) is 17.6. The lowest BCUT2D eigenvalue weighted by Crippen LogP contribution is -2.49. The van der Waals surface area contributed by atoms with Gasteiger partial charge in [0.25, 0.3) is 0 Å². The molecule has 0 bridgehead atoms. The molecule has 0 aromatic heterocycles. The summed E-state index contributed by atoms with van der Waals surface area (Å²) in [6, 6.07) is 0. The van der Waals surface area contributed by atoms with E-state index >= 15 is 0 Å². The van der Waals surface area contributed by atoms with E-state index in [1.165, 1.54) is 51.4 Å². The predicted octanol–water partition coefficient (Wildman–Crippen LogP) is 7.56. The van der Waals surface area contributed by atoms with Crippen LogP contribution in [0.1, 0.15) is 92.9 Å². The van der Waals surface area contributed by atoms with Gasteiger partial charge in [0.1, 0.15) is 0 Å². The van der Waals surface area contributed by atoms with Crippen molar-refractivity contribution >= 4 is 0 Å². The number of hydrogen-bond acceptors (Lipinski definition) is 0. The van der Waals surface area contributed by atoms with Gasteiger partial charge in [0.05, 0.1) is 0 Å². The molecule has 0 heterocycles. The molecule has 2 saturated carbocycles. The molecule has 0 saturated heterocycles. The van der Waals surface area contributed by atoms with E-state index in [1.54, 1.807) is 5.57 Å². The fourth-order valence-electron chi connectivity index (χ4n) is 7.53. The molecule has 0 aromatic carbocycles. The SMILES string of the molecule is CC1=CCC2C3CCC4=C[C@H](CC(C)(C)C)CCC4(C)C3CCC12C. The predicted molar refractivity (Wildman–Crippen MR) is 108 cm³/mol. The highest BCUT2D eigenvalue weighted by atomic mass is 14.6. The van der Waals surface area contributed by atoms with Crippen LogP contribution in [-0.4, -0.2) is 0 Å². The Morgan fingerprint density at radius 2 is 1.72 bits per heavy atom. The highest BCUT2D eigenvalue weighted by Crippen LogP contribution is 2.65. The molecular formula is C25H40. The number of fused-ring (bicyclic) bond motifs is 5. The molecule has 5 unspecified atom stereocenters. The molecule has 25 heavy (non-hydrogen) atoms. The molecule has 2 fully saturated rings. The normalized spacial score (nSPS) is 46.6. The fourth-order valence-corrected chi connectivity index (χ4v) is 7.53. The lowest BCUT2D eigenvalue weighted by molar-refractivity contribution is -0.0312. The maximum Gasteiger partial charge on any atom is -0.00851 e. The molecule has 0 aromatic rings. The second kappa shape index (κ2) is 5.74. The van der Waals surface area contributed by atoms with Crippen molar-refractivity contribution in [2.45, 2.75) is 92.9 Å². The second-order valence-electron chi connectivity index (χ2n) is 11.7. The van der Waals surface area contributed by atoms with Crippen molar-refractivity contribution in [3.8, 4) is 0 Å². The zero-order valence-corrected chi connectivity index (χ0v) is 17.6. The van der Waals surface area contributed by atoms with Crippen LogP contribution in [0.4, 0.5) is 0 Å². The summed E-state index contributed by atoms with van der Waals surface area (Å²) in [6.45, 7) is 14.9. The third-order valence-electron chi connectivity index (χ3n) is 9.05. The summed E-state index contributed by atoms with van der Waals surface area (Å²) in [5.41, 5.74) is 5.08. The molecule has 0 nitrogen and oxygen atoms in total. The molecule has 0 heteroatoms. The van der Waals surface area contributed by atoms with Gasteiger partial charge in [-0.05, 0) is 98.2 Å². The van der Waals surface area contributed by atoms with E-state index in [0.717, 1.165) is 23.7 Å². The first kappa shape index (κ1) is 17.9. The first-order valence-electron chi connectivity index (χ1n) is 11.0. The fraction of sp³-hybridized carbons (Fsp3) is 0.840. The molecule has 6 atom stereocenters. The Morgan fingerprint density at radius 3 is 2.44 bits per heavy atom. The van der Waals surface area contributed by atoms with Crippen LogP contribution in [0.25, 0.3) is 0 Å². The molecule has 4 aliphatic carbocycles. The van der Waals surface area contributed by atoms with Crippen LogP contribution in [0.5, 0.6) is 0 Å². The monoisotopic (exact) mass is 340 g/mol. The van der Waals surface area contributed by atoms with Gasteiger partial charge in [-0.3, -0.25) is 0 Å². The average Bonchev–Trinajstić information content (AvgIpc) is 2.82. The molecule has 4 rings (SSSR count). The third kappa shape index (κ3) is 2.78. The second-order valence-corrected chi connectivity index (χ2v) is 11.7. The van der Waals surface area contributed by atoms with Gasteiger partial charge >= 0.3 is 0 Å². The van der Waals surface area contributed by atoms with Crippen LogP contribution < -0.4 is 0 Å². The molecule has 0 N–H and O–H groups in total. The van der Waals surface area contributed by atoms with Gasteiger partial charge in [-0.25, -0.2) is 0 Å². The zero-order chi connectivity index (χ0) is 18.0. The Hall–Kier alpha value is -0.520. The third-order valence-corrected chi connectivity index (χ3v) is 9.05. The van der Waals surface area contributed by atoms with Gasteiger partial charge in [-0.15, -0.1) is 0 Å². The molecule has 0 amide bonds. The van der Waals surface area contributed by atoms with Crippen molar-refractivity contribution in [3.63, 3.8) is 0 Å². The summed E-state index contributed by atoms with van der Waals surface area (Å²) in [5, 5.41) is 0. The van der Waals surface area contributed by atoms with E-state index in [1.807, 2.05) is 5.57 Å². The maximum absolute atomic E-state index is 2.76. The Bertz CT molecular complexity index is 600. The minimum absolute atomic E-state index is 0.465. The lowest BCUT2D eigenvalue weighted by Gasteiger charge is -2.58. The lowest BCUT2D eigenvalue weighted by atomic mass is 9.46. The highest BCUT2D eigenvalue weighted by Gasteiger charge is 2.56. The van der Waals surface area contributed by atoms with Gasteiger partial charge in [0, 0.05) is 0 Å². The van der Waals surface area contributed by atoms with E-state index in [-0.39, 0.29) is 0 Å². The van der Waals surface area contributed by atoms with Crippen molar-refractivity contribution in [2.75, 3.05) is 0 Å². The summed E-state index contributed by atoms with van der Waals surface area (Å²) < 4.78 is 0. The van der Waals surface area contributed by atoms with Crippen LogP contribution in [0.2, 0.25) is 0 Å². The van der Waals surface area contributed by atoms with Gasteiger partial charge in [0.15, 0.2) is 0 Å². The Balaban J connectivity index is 1.58. The van der Waals surface area contributed by atoms with E-state index < -0.39 is 0 Å². The van der Waals surface area contributed by atoms with Crippen molar-refractivity contribution in [1.82, 2.24) is 0 Å². The van der Waals surface area contributed by atoms with Crippen molar-refractivity contribution in [2.24, 2.45) is 39.9 Å². The molecule has 0 radical (unpaired) electrons. The average molecular weight is 341 g/mol. The Morgan fingerprint density at radius 1 is 1.00 bits per heavy atom. The topological polar surface area (TPSA) is 0 Å². The summed E-state index contributed by atoms with van der Waals surface area (Å²) in [4.78, 5) is 0. The minimum atomic E-state index is 0.465. The molecule has 0 spiro atoms. The van der Waals surface area contributed by atoms with Crippen molar-refractivity contribution < 1.29 is 0 Å². The van der Waals surface area contributed by atoms with E-state index in [2.05, 4.69) is 53.7 Å². The summed E-state index contributed by atoms with van der Waals surface area (Å²) in [6.07, 6.45) is 16.7. The van der Waals surface area contributed by atoms with Crippen molar-refractivity contribution in [1.29, 1.82) is 0 Å². The molecule has 4 aliphatic rings. The molecule has 0 aliphatic heterocycles. The quantitative estimate of drug-likeness (QED) is 0.432. The van der Waals surface area contributed by atoms with Gasteiger partial charge in [-0.1, -0.05) is 57.9 Å². The smallest absolute Gasteiger partial charge is 0.00851 e. The van der Waals surface area contributed by atoms with Gasteiger partial charge in [0.2, 0.25) is 0 Å². The summed E-state index contributed by atoms with van der Waals surface area (Å²) in [5.74, 6) is 3.72. The molecular weight excluding hydrogens is 300 g/mol. The Kier molecular flexibility index (Phi) is 4.10. The van der Waals surface area contributed by atoms with Gasteiger partial charge < -0.3 is 0 Å².